The summed E-state index contributed by atoms with van der Waals surface area (Å²) in [6.07, 6.45) is 1.57. The van der Waals surface area contributed by atoms with Gasteiger partial charge in [-0.05, 0) is 42.3 Å². The van der Waals surface area contributed by atoms with Gasteiger partial charge in [-0.2, -0.15) is 5.10 Å². The van der Waals surface area contributed by atoms with Crippen LogP contribution in [0.3, 0.4) is 0 Å². The molecular formula is C22H22ClN5O2. The minimum absolute atomic E-state index is 0.0619. The van der Waals surface area contributed by atoms with Gasteiger partial charge in [-0.3, -0.25) is 9.69 Å². The Morgan fingerprint density at radius 1 is 1.17 bits per heavy atom. The molecule has 0 radical (unpaired) electrons. The lowest BCUT2D eigenvalue weighted by Gasteiger charge is -2.16. The summed E-state index contributed by atoms with van der Waals surface area (Å²) in [6, 6.07) is 14.5. The Balaban J connectivity index is 1.62. The molecule has 8 heteroatoms. The van der Waals surface area contributed by atoms with Crippen molar-refractivity contribution in [1.82, 2.24) is 15.1 Å². The second kappa shape index (κ2) is 8.20. The van der Waals surface area contributed by atoms with Crippen molar-refractivity contribution in [2.45, 2.75) is 19.8 Å². The average molecular weight is 424 g/mol. The molecule has 0 saturated carbocycles. The second-order valence-corrected chi connectivity index (χ2v) is 7.81. The Morgan fingerprint density at radius 2 is 1.93 bits per heavy atom. The molecular weight excluding hydrogens is 402 g/mol. The van der Waals surface area contributed by atoms with E-state index in [0.717, 1.165) is 17.1 Å². The molecule has 1 aliphatic heterocycles. The third-order valence-corrected chi connectivity index (χ3v) is 5.16. The number of hydrogen-bond donors (Lipinski definition) is 2. The van der Waals surface area contributed by atoms with E-state index < -0.39 is 0 Å². The van der Waals surface area contributed by atoms with Crippen LogP contribution in [0.15, 0.2) is 54.7 Å². The van der Waals surface area contributed by atoms with E-state index in [0.29, 0.717) is 29.4 Å². The molecule has 0 aliphatic carbocycles. The van der Waals surface area contributed by atoms with Crippen LogP contribution in [0.4, 0.5) is 16.2 Å². The van der Waals surface area contributed by atoms with Crippen molar-refractivity contribution < 1.29 is 9.59 Å². The van der Waals surface area contributed by atoms with Crippen molar-refractivity contribution in [2.24, 2.45) is 0 Å². The molecule has 1 saturated heterocycles. The molecule has 0 spiro atoms. The van der Waals surface area contributed by atoms with Crippen LogP contribution < -0.4 is 15.5 Å². The van der Waals surface area contributed by atoms with E-state index in [1.54, 1.807) is 34.0 Å². The van der Waals surface area contributed by atoms with Gasteiger partial charge in [0.2, 0.25) is 0 Å². The van der Waals surface area contributed by atoms with Gasteiger partial charge in [0.25, 0.3) is 5.91 Å². The molecule has 154 valence electrons. The fourth-order valence-corrected chi connectivity index (χ4v) is 3.75. The smallest absolute Gasteiger partial charge is 0.321 e. The van der Waals surface area contributed by atoms with Crippen molar-refractivity contribution in [1.29, 1.82) is 0 Å². The quantitative estimate of drug-likeness (QED) is 0.637. The van der Waals surface area contributed by atoms with Crippen molar-refractivity contribution in [2.75, 3.05) is 23.3 Å². The van der Waals surface area contributed by atoms with Crippen molar-refractivity contribution in [3.05, 3.63) is 71.0 Å². The third kappa shape index (κ3) is 3.89. The zero-order chi connectivity index (χ0) is 21.3. The Kier molecular flexibility index (Phi) is 5.46. The first-order chi connectivity index (χ1) is 14.4. The van der Waals surface area contributed by atoms with E-state index in [-0.39, 0.29) is 17.9 Å². The van der Waals surface area contributed by atoms with Crippen LogP contribution in [0.5, 0.6) is 0 Å². The highest BCUT2D eigenvalue weighted by molar-refractivity contribution is 6.30. The van der Waals surface area contributed by atoms with Crippen LogP contribution in [-0.2, 0) is 0 Å². The minimum atomic E-state index is -0.255. The SMILES string of the molecule is CC(C)c1c(C(=O)Nc2cccc(N3CCNC3=O)c2)cnn1-c1cccc(Cl)c1. The molecule has 1 aromatic heterocycles. The first-order valence-corrected chi connectivity index (χ1v) is 10.1. The number of carbonyl (C=O) groups excluding carboxylic acids is 2. The maximum Gasteiger partial charge on any atom is 0.321 e. The monoisotopic (exact) mass is 423 g/mol. The molecule has 1 fully saturated rings. The Labute approximate surface area is 179 Å². The summed E-state index contributed by atoms with van der Waals surface area (Å²) in [5.41, 5.74) is 3.44. The van der Waals surface area contributed by atoms with Gasteiger partial charge in [-0.15, -0.1) is 0 Å². The highest BCUT2D eigenvalue weighted by Gasteiger charge is 2.23. The first-order valence-electron chi connectivity index (χ1n) is 9.74. The number of anilines is 2. The van der Waals surface area contributed by atoms with Gasteiger partial charge in [-0.1, -0.05) is 37.6 Å². The molecule has 30 heavy (non-hydrogen) atoms. The minimum Gasteiger partial charge on any atom is -0.336 e. The summed E-state index contributed by atoms with van der Waals surface area (Å²) in [7, 11) is 0. The highest BCUT2D eigenvalue weighted by Crippen LogP contribution is 2.26. The Morgan fingerprint density at radius 3 is 2.63 bits per heavy atom. The molecule has 3 amide bonds. The molecule has 7 nitrogen and oxygen atoms in total. The lowest BCUT2D eigenvalue weighted by atomic mass is 10.0. The summed E-state index contributed by atoms with van der Waals surface area (Å²) in [6.45, 7) is 5.24. The van der Waals surface area contributed by atoms with Gasteiger partial charge in [-0.25, -0.2) is 9.48 Å². The third-order valence-electron chi connectivity index (χ3n) is 4.92. The van der Waals surface area contributed by atoms with Crippen LogP contribution in [0, 0.1) is 0 Å². The summed E-state index contributed by atoms with van der Waals surface area (Å²) in [4.78, 5) is 26.6. The zero-order valence-corrected chi connectivity index (χ0v) is 17.5. The topological polar surface area (TPSA) is 79.3 Å². The van der Waals surface area contributed by atoms with Crippen molar-refractivity contribution >= 4 is 34.9 Å². The summed E-state index contributed by atoms with van der Waals surface area (Å²) in [5, 5.41) is 10.7. The Hall–Kier alpha value is -3.32. The number of aromatic nitrogens is 2. The number of hydrogen-bond acceptors (Lipinski definition) is 3. The van der Waals surface area contributed by atoms with E-state index in [1.807, 2.05) is 44.2 Å². The van der Waals surface area contributed by atoms with E-state index in [4.69, 9.17) is 11.6 Å². The van der Waals surface area contributed by atoms with Crippen molar-refractivity contribution in [3.63, 3.8) is 0 Å². The number of rotatable bonds is 5. The normalized spacial score (nSPS) is 13.6. The molecule has 0 unspecified atom stereocenters. The summed E-state index contributed by atoms with van der Waals surface area (Å²) < 4.78 is 1.75. The number of benzene rings is 2. The lowest BCUT2D eigenvalue weighted by Crippen LogP contribution is -2.27. The summed E-state index contributed by atoms with van der Waals surface area (Å²) >= 11 is 6.13. The maximum atomic E-state index is 13.1. The molecule has 3 aromatic rings. The van der Waals surface area contributed by atoms with Gasteiger partial charge >= 0.3 is 6.03 Å². The standard InChI is InChI=1S/C22H22ClN5O2/c1-14(2)20-19(13-25-28(20)18-8-3-5-15(23)11-18)21(29)26-16-6-4-7-17(12-16)27-10-9-24-22(27)30/h3-8,11-14H,9-10H2,1-2H3,(H,24,30)(H,26,29). The second-order valence-electron chi connectivity index (χ2n) is 7.38. The summed E-state index contributed by atoms with van der Waals surface area (Å²) in [5.74, 6) is -0.193. The number of urea groups is 1. The first kappa shape index (κ1) is 20.0. The number of carbonyl (C=O) groups is 2. The van der Waals surface area contributed by atoms with Gasteiger partial charge in [0.15, 0.2) is 0 Å². The lowest BCUT2D eigenvalue weighted by molar-refractivity contribution is 0.102. The van der Waals surface area contributed by atoms with Gasteiger partial charge in [0.05, 0.1) is 23.1 Å². The van der Waals surface area contributed by atoms with Gasteiger partial charge in [0.1, 0.15) is 0 Å². The number of amides is 3. The average Bonchev–Trinajstić information content (AvgIpc) is 3.34. The predicted molar refractivity (Wildman–Crippen MR) is 118 cm³/mol. The number of nitrogens with one attached hydrogen (secondary N) is 2. The van der Waals surface area contributed by atoms with E-state index in [1.165, 1.54) is 0 Å². The Bertz CT molecular complexity index is 1110. The number of nitrogens with zero attached hydrogens (tertiary/aromatic N) is 3. The van der Waals surface area contributed by atoms with Crippen LogP contribution in [0.25, 0.3) is 5.69 Å². The van der Waals surface area contributed by atoms with E-state index >= 15 is 0 Å². The highest BCUT2D eigenvalue weighted by atomic mass is 35.5. The van der Waals surface area contributed by atoms with E-state index in [2.05, 4.69) is 15.7 Å². The molecule has 4 rings (SSSR count). The van der Waals surface area contributed by atoms with Crippen molar-refractivity contribution in [3.8, 4) is 5.69 Å². The molecule has 1 aliphatic rings. The zero-order valence-electron chi connectivity index (χ0n) is 16.7. The van der Waals surface area contributed by atoms with Crippen LogP contribution in [-0.4, -0.2) is 34.8 Å². The molecule has 2 aromatic carbocycles. The molecule has 0 atom stereocenters. The van der Waals surface area contributed by atoms with Gasteiger partial charge < -0.3 is 10.6 Å². The predicted octanol–water partition coefficient (Wildman–Crippen LogP) is 4.43. The van der Waals surface area contributed by atoms with Crippen LogP contribution in [0.2, 0.25) is 5.02 Å². The largest absolute Gasteiger partial charge is 0.336 e. The molecule has 2 N–H and O–H groups in total. The van der Waals surface area contributed by atoms with E-state index in [9.17, 15) is 9.59 Å². The van der Waals surface area contributed by atoms with Gasteiger partial charge in [0, 0.05) is 29.5 Å². The fourth-order valence-electron chi connectivity index (χ4n) is 3.57. The number of halogens is 1. The molecule has 2 heterocycles. The van der Waals surface area contributed by atoms with Crippen LogP contribution >= 0.6 is 11.6 Å². The van der Waals surface area contributed by atoms with Crippen LogP contribution in [0.1, 0.15) is 35.8 Å². The fraction of sp³-hybridized carbons (Fsp3) is 0.227. The maximum absolute atomic E-state index is 13.1. The molecule has 0 bridgehead atoms.